The smallest absolute Gasteiger partial charge is 0.331 e. The van der Waals surface area contributed by atoms with Crippen LogP contribution in [0.2, 0.25) is 0 Å². The first-order valence-corrected chi connectivity index (χ1v) is 5.10. The number of carboxylic acid groups (broad SMARTS) is 1. The summed E-state index contributed by atoms with van der Waals surface area (Å²) in [4.78, 5) is 10.9. The molecule has 0 unspecified atom stereocenters. The van der Waals surface area contributed by atoms with Gasteiger partial charge in [-0.05, 0) is 42.2 Å². The van der Waals surface area contributed by atoms with Crippen LogP contribution in [0.3, 0.4) is 0 Å². The SMILES string of the molecule is O=C(O)C1=Cc2cc3c(cc2CC1)OCO3. The Labute approximate surface area is 92.1 Å². The molecule has 0 bridgehead atoms. The topological polar surface area (TPSA) is 55.8 Å². The van der Waals surface area contributed by atoms with E-state index in [1.807, 2.05) is 12.1 Å². The van der Waals surface area contributed by atoms with Crippen LogP contribution in [-0.2, 0) is 11.2 Å². The maximum absolute atomic E-state index is 10.9. The van der Waals surface area contributed by atoms with Crippen LogP contribution >= 0.6 is 0 Å². The van der Waals surface area contributed by atoms with Gasteiger partial charge in [0.2, 0.25) is 6.79 Å². The first-order valence-electron chi connectivity index (χ1n) is 5.10. The minimum Gasteiger partial charge on any atom is -0.478 e. The molecule has 0 spiro atoms. The van der Waals surface area contributed by atoms with Crippen molar-refractivity contribution < 1.29 is 19.4 Å². The van der Waals surface area contributed by atoms with Gasteiger partial charge in [0.15, 0.2) is 11.5 Å². The van der Waals surface area contributed by atoms with Gasteiger partial charge >= 0.3 is 5.97 Å². The van der Waals surface area contributed by atoms with Crippen LogP contribution in [0.1, 0.15) is 17.5 Å². The Morgan fingerprint density at radius 2 is 1.94 bits per heavy atom. The summed E-state index contributed by atoms with van der Waals surface area (Å²) in [5, 5.41) is 8.93. The highest BCUT2D eigenvalue weighted by Crippen LogP contribution is 2.37. The average molecular weight is 218 g/mol. The molecule has 1 heterocycles. The van der Waals surface area contributed by atoms with Crippen molar-refractivity contribution in [2.75, 3.05) is 6.79 Å². The van der Waals surface area contributed by atoms with Crippen LogP contribution in [0.4, 0.5) is 0 Å². The molecule has 0 radical (unpaired) electrons. The standard InChI is InChI=1S/C12H10O4/c13-12(14)8-2-1-7-4-10-11(16-6-15-10)5-9(7)3-8/h3-5H,1-2,6H2,(H,13,14). The minimum absolute atomic E-state index is 0.244. The molecule has 0 saturated heterocycles. The monoisotopic (exact) mass is 218 g/mol. The molecular formula is C12H10O4. The highest BCUT2D eigenvalue weighted by molar-refractivity contribution is 5.93. The van der Waals surface area contributed by atoms with Crippen LogP contribution in [0.15, 0.2) is 17.7 Å². The molecule has 0 fully saturated rings. The first-order chi connectivity index (χ1) is 7.74. The van der Waals surface area contributed by atoms with Crippen molar-refractivity contribution in [2.24, 2.45) is 0 Å². The summed E-state index contributed by atoms with van der Waals surface area (Å²) >= 11 is 0. The zero-order valence-corrected chi connectivity index (χ0v) is 8.53. The number of hydrogen-bond donors (Lipinski definition) is 1. The lowest BCUT2D eigenvalue weighted by atomic mass is 9.92. The summed E-state index contributed by atoms with van der Waals surface area (Å²) in [5.41, 5.74) is 2.49. The molecule has 0 saturated carbocycles. The summed E-state index contributed by atoms with van der Waals surface area (Å²) in [5.74, 6) is 0.607. The third-order valence-corrected chi connectivity index (χ3v) is 2.90. The molecule has 1 aromatic carbocycles. The molecule has 4 heteroatoms. The van der Waals surface area contributed by atoms with Crippen molar-refractivity contribution >= 4 is 12.0 Å². The van der Waals surface area contributed by atoms with Crippen LogP contribution in [-0.4, -0.2) is 17.9 Å². The van der Waals surface area contributed by atoms with Gasteiger partial charge in [-0.2, -0.15) is 0 Å². The molecule has 1 aromatic rings. The fourth-order valence-electron chi connectivity index (χ4n) is 2.05. The average Bonchev–Trinajstić information content (AvgIpc) is 2.71. The number of aliphatic carboxylic acids is 1. The molecule has 1 N–H and O–H groups in total. The van der Waals surface area contributed by atoms with E-state index in [-0.39, 0.29) is 6.79 Å². The molecule has 82 valence electrons. The van der Waals surface area contributed by atoms with E-state index in [0.29, 0.717) is 17.7 Å². The quantitative estimate of drug-likeness (QED) is 0.781. The lowest BCUT2D eigenvalue weighted by Gasteiger charge is -2.14. The van der Waals surface area contributed by atoms with E-state index in [4.69, 9.17) is 14.6 Å². The van der Waals surface area contributed by atoms with Crippen LogP contribution < -0.4 is 9.47 Å². The van der Waals surface area contributed by atoms with Crippen LogP contribution in [0.5, 0.6) is 11.5 Å². The fraction of sp³-hybridized carbons (Fsp3) is 0.250. The number of carboxylic acids is 1. The highest BCUT2D eigenvalue weighted by atomic mass is 16.7. The van der Waals surface area contributed by atoms with E-state index in [1.165, 1.54) is 0 Å². The molecule has 0 aromatic heterocycles. The van der Waals surface area contributed by atoms with E-state index < -0.39 is 5.97 Å². The molecule has 0 atom stereocenters. The Morgan fingerprint density at radius 3 is 2.69 bits per heavy atom. The Kier molecular flexibility index (Phi) is 1.89. The Hall–Kier alpha value is -1.97. The van der Waals surface area contributed by atoms with Gasteiger partial charge in [-0.25, -0.2) is 4.79 Å². The number of aryl methyl sites for hydroxylation is 1. The Balaban J connectivity index is 2.09. The van der Waals surface area contributed by atoms with Crippen molar-refractivity contribution in [3.05, 3.63) is 28.8 Å². The van der Waals surface area contributed by atoms with Gasteiger partial charge in [0.05, 0.1) is 0 Å². The number of carbonyl (C=O) groups is 1. The molecular weight excluding hydrogens is 208 g/mol. The van der Waals surface area contributed by atoms with Crippen molar-refractivity contribution in [1.29, 1.82) is 0 Å². The van der Waals surface area contributed by atoms with E-state index in [0.717, 1.165) is 23.3 Å². The van der Waals surface area contributed by atoms with Gasteiger partial charge in [-0.3, -0.25) is 0 Å². The third-order valence-electron chi connectivity index (χ3n) is 2.90. The van der Waals surface area contributed by atoms with E-state index in [9.17, 15) is 4.79 Å². The number of benzene rings is 1. The van der Waals surface area contributed by atoms with Crippen LogP contribution in [0, 0.1) is 0 Å². The van der Waals surface area contributed by atoms with Crippen molar-refractivity contribution in [2.45, 2.75) is 12.8 Å². The molecule has 1 aliphatic carbocycles. The summed E-state index contributed by atoms with van der Waals surface area (Å²) in [6.07, 6.45) is 3.02. The maximum atomic E-state index is 10.9. The zero-order valence-electron chi connectivity index (χ0n) is 8.53. The molecule has 0 amide bonds. The minimum atomic E-state index is -0.844. The van der Waals surface area contributed by atoms with E-state index in [1.54, 1.807) is 6.08 Å². The van der Waals surface area contributed by atoms with Gasteiger partial charge in [0, 0.05) is 5.57 Å². The maximum Gasteiger partial charge on any atom is 0.331 e. The normalized spacial score (nSPS) is 16.6. The second-order valence-electron chi connectivity index (χ2n) is 3.88. The molecule has 1 aliphatic heterocycles. The van der Waals surface area contributed by atoms with Crippen molar-refractivity contribution in [1.82, 2.24) is 0 Å². The van der Waals surface area contributed by atoms with Crippen molar-refractivity contribution in [3.8, 4) is 11.5 Å². The summed E-state index contributed by atoms with van der Waals surface area (Å²) in [6, 6.07) is 3.78. The van der Waals surface area contributed by atoms with Gasteiger partial charge in [-0.1, -0.05) is 0 Å². The van der Waals surface area contributed by atoms with E-state index in [2.05, 4.69) is 0 Å². The lowest BCUT2D eigenvalue weighted by Crippen LogP contribution is -2.07. The number of hydrogen-bond acceptors (Lipinski definition) is 3. The summed E-state index contributed by atoms with van der Waals surface area (Å²) in [6.45, 7) is 0.244. The largest absolute Gasteiger partial charge is 0.478 e. The zero-order chi connectivity index (χ0) is 11.1. The van der Waals surface area contributed by atoms with E-state index >= 15 is 0 Å². The predicted molar refractivity (Wildman–Crippen MR) is 56.5 cm³/mol. The molecule has 3 rings (SSSR count). The fourth-order valence-corrected chi connectivity index (χ4v) is 2.05. The predicted octanol–water partition coefficient (Wildman–Crippen LogP) is 1.83. The summed E-state index contributed by atoms with van der Waals surface area (Å²) in [7, 11) is 0. The third kappa shape index (κ3) is 1.34. The number of rotatable bonds is 1. The summed E-state index contributed by atoms with van der Waals surface area (Å²) < 4.78 is 10.5. The van der Waals surface area contributed by atoms with Crippen LogP contribution in [0.25, 0.3) is 6.08 Å². The van der Waals surface area contributed by atoms with Gasteiger partial charge in [-0.15, -0.1) is 0 Å². The van der Waals surface area contributed by atoms with Crippen molar-refractivity contribution in [3.63, 3.8) is 0 Å². The second kappa shape index (κ2) is 3.27. The highest BCUT2D eigenvalue weighted by Gasteiger charge is 2.20. The molecule has 2 aliphatic rings. The Bertz CT molecular complexity index is 502. The first kappa shape index (κ1) is 9.27. The molecule has 16 heavy (non-hydrogen) atoms. The van der Waals surface area contributed by atoms with Gasteiger partial charge in [0.1, 0.15) is 0 Å². The number of ether oxygens (including phenoxy) is 2. The lowest BCUT2D eigenvalue weighted by molar-refractivity contribution is -0.132. The molecule has 4 nitrogen and oxygen atoms in total. The second-order valence-corrected chi connectivity index (χ2v) is 3.88. The Morgan fingerprint density at radius 1 is 1.19 bits per heavy atom. The van der Waals surface area contributed by atoms with Gasteiger partial charge < -0.3 is 14.6 Å². The number of fused-ring (bicyclic) bond motifs is 2. The van der Waals surface area contributed by atoms with Gasteiger partial charge in [0.25, 0.3) is 0 Å².